The molecule has 2 aromatic carbocycles. The zero-order valence-electron chi connectivity index (χ0n) is 15.6. The lowest BCUT2D eigenvalue weighted by Crippen LogP contribution is -2.14. The van der Waals surface area contributed by atoms with Crippen LogP contribution < -0.4 is 4.74 Å². The van der Waals surface area contributed by atoms with Gasteiger partial charge in [0.1, 0.15) is 11.5 Å². The van der Waals surface area contributed by atoms with E-state index < -0.39 is 9.73 Å². The van der Waals surface area contributed by atoms with E-state index in [0.717, 1.165) is 12.1 Å². The third-order valence-corrected chi connectivity index (χ3v) is 5.68. The summed E-state index contributed by atoms with van der Waals surface area (Å²) in [6.07, 6.45) is 4.73. The van der Waals surface area contributed by atoms with Crippen molar-refractivity contribution in [2.45, 2.75) is 18.7 Å². The summed E-state index contributed by atoms with van der Waals surface area (Å²) in [5, 5.41) is 9.16. The van der Waals surface area contributed by atoms with Crippen LogP contribution in [0.25, 0.3) is 0 Å². The van der Waals surface area contributed by atoms with Gasteiger partial charge in [-0.05, 0) is 43.7 Å². The van der Waals surface area contributed by atoms with Crippen molar-refractivity contribution in [3.8, 4) is 17.7 Å². The number of rotatable bonds is 6. The standard InChI is InChI=1S/C19H21ClN4O2S/c1-5-24(3)13-22-18-9-14(2)19(11-17(18)20)26-15-7-6-8-16(10-15)27(4,25)23-12-21/h6-11,13H,5H2,1-4H3. The SMILES string of the molecule is CCN(C)C=Nc1cc(C)c(Oc2cccc(S(C)(=O)=NC#N)c2)cc1Cl. The summed E-state index contributed by atoms with van der Waals surface area (Å²) in [5.74, 6) is 1.05. The molecule has 2 rings (SSSR count). The molecule has 0 aliphatic heterocycles. The van der Waals surface area contributed by atoms with Crippen LogP contribution in [0, 0.1) is 18.4 Å². The fourth-order valence-electron chi connectivity index (χ4n) is 2.13. The molecule has 0 spiro atoms. The van der Waals surface area contributed by atoms with Crippen LogP contribution in [0.3, 0.4) is 0 Å². The van der Waals surface area contributed by atoms with E-state index in [9.17, 15) is 4.21 Å². The fourth-order valence-corrected chi connectivity index (χ4v) is 3.26. The zero-order chi connectivity index (χ0) is 20.0. The van der Waals surface area contributed by atoms with Gasteiger partial charge in [0.2, 0.25) is 6.19 Å². The molecule has 0 heterocycles. The van der Waals surface area contributed by atoms with E-state index >= 15 is 0 Å². The molecular weight excluding hydrogens is 384 g/mol. The third kappa shape index (κ3) is 5.46. The Hall–Kier alpha value is -2.56. The van der Waals surface area contributed by atoms with Gasteiger partial charge in [-0.3, -0.25) is 0 Å². The van der Waals surface area contributed by atoms with Gasteiger partial charge in [-0.1, -0.05) is 17.7 Å². The van der Waals surface area contributed by atoms with Crippen LogP contribution in [0.2, 0.25) is 5.02 Å². The van der Waals surface area contributed by atoms with Crippen molar-refractivity contribution in [1.29, 1.82) is 5.26 Å². The number of halogens is 1. The molecule has 0 aromatic heterocycles. The van der Waals surface area contributed by atoms with Gasteiger partial charge < -0.3 is 9.64 Å². The molecule has 0 saturated heterocycles. The van der Waals surface area contributed by atoms with Crippen molar-refractivity contribution in [3.63, 3.8) is 0 Å². The second-order valence-corrected chi connectivity index (χ2v) is 8.62. The van der Waals surface area contributed by atoms with Gasteiger partial charge in [-0.15, -0.1) is 4.36 Å². The Bertz CT molecular complexity index is 1020. The number of nitrogens with zero attached hydrogens (tertiary/aromatic N) is 4. The molecule has 0 aliphatic carbocycles. The Kier molecular flexibility index (Phi) is 6.83. The van der Waals surface area contributed by atoms with E-state index in [4.69, 9.17) is 21.6 Å². The molecule has 0 fully saturated rings. The lowest BCUT2D eigenvalue weighted by molar-refractivity contribution is 0.477. The molecule has 0 amide bonds. The minimum atomic E-state index is -2.78. The molecule has 2 aromatic rings. The number of aryl methyl sites for hydroxylation is 1. The monoisotopic (exact) mass is 404 g/mol. The Morgan fingerprint density at radius 2 is 2.11 bits per heavy atom. The highest BCUT2D eigenvalue weighted by atomic mass is 35.5. The summed E-state index contributed by atoms with van der Waals surface area (Å²) < 4.78 is 21.8. The second kappa shape index (κ2) is 8.89. The number of benzene rings is 2. The first-order valence-electron chi connectivity index (χ1n) is 8.19. The topological polar surface area (TPSA) is 78.0 Å². The zero-order valence-corrected chi connectivity index (χ0v) is 17.2. The quantitative estimate of drug-likeness (QED) is 0.386. The summed E-state index contributed by atoms with van der Waals surface area (Å²) in [6, 6.07) is 10.2. The lowest BCUT2D eigenvalue weighted by Gasteiger charge is -2.13. The first-order chi connectivity index (χ1) is 12.8. The van der Waals surface area contributed by atoms with E-state index in [-0.39, 0.29) is 0 Å². The fraction of sp³-hybridized carbons (Fsp3) is 0.263. The van der Waals surface area contributed by atoms with Crippen molar-refractivity contribution in [2.75, 3.05) is 19.8 Å². The van der Waals surface area contributed by atoms with Gasteiger partial charge in [0, 0.05) is 25.9 Å². The normalized spacial score (nSPS) is 13.0. The summed E-state index contributed by atoms with van der Waals surface area (Å²) in [7, 11) is -0.855. The van der Waals surface area contributed by atoms with Crippen LogP contribution in [0.15, 0.2) is 50.6 Å². The van der Waals surface area contributed by atoms with Crippen LogP contribution in [0.1, 0.15) is 12.5 Å². The molecule has 0 bridgehead atoms. The molecule has 0 aliphatic rings. The summed E-state index contributed by atoms with van der Waals surface area (Å²) in [5.41, 5.74) is 1.51. The number of hydrogen-bond donors (Lipinski definition) is 0. The average molecular weight is 405 g/mol. The van der Waals surface area contributed by atoms with Crippen LogP contribution >= 0.6 is 11.6 Å². The number of nitriles is 1. The number of ether oxygens (including phenoxy) is 1. The second-order valence-electron chi connectivity index (χ2n) is 5.96. The molecule has 27 heavy (non-hydrogen) atoms. The molecule has 0 radical (unpaired) electrons. The molecule has 0 saturated carbocycles. The van der Waals surface area contributed by atoms with Crippen LogP contribution in [0.4, 0.5) is 5.69 Å². The first-order valence-corrected chi connectivity index (χ1v) is 10.5. The van der Waals surface area contributed by atoms with E-state index in [1.807, 2.05) is 31.9 Å². The van der Waals surface area contributed by atoms with Gasteiger partial charge in [-0.2, -0.15) is 5.26 Å². The Morgan fingerprint density at radius 3 is 2.78 bits per heavy atom. The summed E-state index contributed by atoms with van der Waals surface area (Å²) in [4.78, 5) is 6.75. The van der Waals surface area contributed by atoms with E-state index in [2.05, 4.69) is 9.36 Å². The van der Waals surface area contributed by atoms with E-state index in [1.165, 1.54) is 6.26 Å². The first kappa shape index (κ1) is 20.7. The van der Waals surface area contributed by atoms with Gasteiger partial charge >= 0.3 is 0 Å². The Labute approximate surface area is 165 Å². The van der Waals surface area contributed by atoms with Crippen molar-refractivity contribution in [2.24, 2.45) is 9.36 Å². The largest absolute Gasteiger partial charge is 0.457 e. The summed E-state index contributed by atoms with van der Waals surface area (Å²) in [6.45, 7) is 4.77. The Morgan fingerprint density at radius 1 is 1.37 bits per heavy atom. The molecule has 1 unspecified atom stereocenters. The molecular formula is C19H21ClN4O2S. The highest BCUT2D eigenvalue weighted by molar-refractivity contribution is 7.93. The Balaban J connectivity index is 2.33. The van der Waals surface area contributed by atoms with Gasteiger partial charge in [0.15, 0.2) is 0 Å². The van der Waals surface area contributed by atoms with Gasteiger partial charge in [0.05, 0.1) is 31.7 Å². The van der Waals surface area contributed by atoms with E-state index in [1.54, 1.807) is 42.9 Å². The van der Waals surface area contributed by atoms with Crippen molar-refractivity contribution < 1.29 is 8.95 Å². The smallest absolute Gasteiger partial charge is 0.214 e. The highest BCUT2D eigenvalue weighted by Gasteiger charge is 2.11. The highest BCUT2D eigenvalue weighted by Crippen LogP contribution is 2.35. The maximum absolute atomic E-state index is 12.4. The minimum Gasteiger partial charge on any atom is -0.457 e. The molecule has 1 atom stereocenters. The number of hydrogen-bond acceptors (Lipinski definition) is 5. The predicted molar refractivity (Wildman–Crippen MR) is 110 cm³/mol. The van der Waals surface area contributed by atoms with Crippen molar-refractivity contribution >= 4 is 33.4 Å². The molecule has 142 valence electrons. The third-order valence-electron chi connectivity index (χ3n) is 3.82. The van der Waals surface area contributed by atoms with Crippen LogP contribution in [0.5, 0.6) is 11.5 Å². The van der Waals surface area contributed by atoms with Crippen molar-refractivity contribution in [3.05, 3.63) is 47.0 Å². The predicted octanol–water partition coefficient (Wildman–Crippen LogP) is 4.99. The van der Waals surface area contributed by atoms with E-state index in [0.29, 0.717) is 27.1 Å². The maximum atomic E-state index is 12.4. The average Bonchev–Trinajstić information content (AvgIpc) is 2.63. The minimum absolute atomic E-state index is 0.425. The van der Waals surface area contributed by atoms with Gasteiger partial charge in [0.25, 0.3) is 0 Å². The van der Waals surface area contributed by atoms with Gasteiger partial charge in [-0.25, -0.2) is 9.20 Å². The van der Waals surface area contributed by atoms with Crippen molar-refractivity contribution in [1.82, 2.24) is 4.90 Å². The summed E-state index contributed by atoms with van der Waals surface area (Å²) >= 11 is 6.33. The number of aliphatic imine (C=N–C) groups is 1. The lowest BCUT2D eigenvalue weighted by atomic mass is 10.2. The maximum Gasteiger partial charge on any atom is 0.214 e. The molecule has 8 heteroatoms. The van der Waals surface area contributed by atoms with Crippen LogP contribution in [-0.4, -0.2) is 35.3 Å². The van der Waals surface area contributed by atoms with Crippen LogP contribution in [-0.2, 0) is 9.73 Å². The molecule has 0 N–H and O–H groups in total. The molecule has 6 nitrogen and oxygen atoms in total.